The van der Waals surface area contributed by atoms with Crippen LogP contribution in [0, 0.1) is 12.8 Å². The lowest BCUT2D eigenvalue weighted by atomic mass is 10.0. The molecular weight excluding hydrogens is 244 g/mol. The third-order valence-electron chi connectivity index (χ3n) is 3.90. The highest BCUT2D eigenvalue weighted by molar-refractivity contribution is 5.75. The molecule has 0 aliphatic rings. The summed E-state index contributed by atoms with van der Waals surface area (Å²) < 4.78 is 2.35. The Morgan fingerprint density at radius 3 is 2.75 bits per heavy atom. The van der Waals surface area contributed by atoms with E-state index in [1.807, 2.05) is 0 Å². The van der Waals surface area contributed by atoms with Gasteiger partial charge in [-0.05, 0) is 58.1 Å². The summed E-state index contributed by atoms with van der Waals surface area (Å²) in [6.07, 6.45) is 6.04. The van der Waals surface area contributed by atoms with E-state index >= 15 is 0 Å². The van der Waals surface area contributed by atoms with E-state index in [4.69, 9.17) is 0 Å². The molecular formula is C18H26N2. The van der Waals surface area contributed by atoms with E-state index in [1.54, 1.807) is 0 Å². The number of benzene rings is 1. The number of aromatic nitrogens is 2. The van der Waals surface area contributed by atoms with Gasteiger partial charge in [0.15, 0.2) is 0 Å². The van der Waals surface area contributed by atoms with E-state index in [0.29, 0.717) is 0 Å². The zero-order chi connectivity index (χ0) is 14.5. The van der Waals surface area contributed by atoms with Crippen LogP contribution in [0.25, 0.3) is 11.0 Å². The lowest BCUT2D eigenvalue weighted by Crippen LogP contribution is -2.05. The van der Waals surface area contributed by atoms with Gasteiger partial charge in [-0.1, -0.05) is 30.7 Å². The zero-order valence-electron chi connectivity index (χ0n) is 13.2. The molecule has 20 heavy (non-hydrogen) atoms. The van der Waals surface area contributed by atoms with Crippen LogP contribution in [0.4, 0.5) is 0 Å². The highest BCUT2D eigenvalue weighted by atomic mass is 15.1. The number of rotatable bonds is 6. The van der Waals surface area contributed by atoms with Gasteiger partial charge in [0, 0.05) is 6.54 Å². The molecule has 0 aliphatic heterocycles. The van der Waals surface area contributed by atoms with Crippen molar-refractivity contribution in [3.63, 3.8) is 0 Å². The minimum absolute atomic E-state index is 0.756. The molecule has 2 aromatic rings. The Labute approximate surface area is 122 Å². The summed E-state index contributed by atoms with van der Waals surface area (Å²) in [5.74, 6) is 1.88. The molecule has 2 nitrogen and oxygen atoms in total. The molecule has 0 N–H and O–H groups in total. The Morgan fingerprint density at radius 2 is 2.00 bits per heavy atom. The summed E-state index contributed by atoms with van der Waals surface area (Å²) in [5, 5.41) is 0. The minimum atomic E-state index is 0.756. The molecule has 1 unspecified atom stereocenters. The van der Waals surface area contributed by atoms with Gasteiger partial charge in [0.05, 0.1) is 11.0 Å². The van der Waals surface area contributed by atoms with Crippen LogP contribution in [0.1, 0.15) is 45.9 Å². The lowest BCUT2D eigenvalue weighted by molar-refractivity contribution is 0.455. The van der Waals surface area contributed by atoms with Gasteiger partial charge in [-0.3, -0.25) is 0 Å². The molecule has 108 valence electrons. The number of allylic oxidation sites excluding steroid dienone is 2. The first-order chi connectivity index (χ1) is 9.58. The van der Waals surface area contributed by atoms with Crippen LogP contribution in [0.5, 0.6) is 0 Å². The van der Waals surface area contributed by atoms with Crippen LogP contribution >= 0.6 is 0 Å². The molecule has 1 aromatic heterocycles. The van der Waals surface area contributed by atoms with Crippen molar-refractivity contribution >= 4 is 11.0 Å². The van der Waals surface area contributed by atoms with Crippen LogP contribution in [0.3, 0.4) is 0 Å². The molecule has 0 bridgehead atoms. The standard InChI is InChI=1S/C18H26N2/c1-14(2)8-7-9-15(3)12-13-20-16(4)19-17-10-5-6-11-18(17)20/h5-6,8,10-11,15H,7,9,12-13H2,1-4H3. The summed E-state index contributed by atoms with van der Waals surface area (Å²) in [6.45, 7) is 9.88. The third-order valence-corrected chi connectivity index (χ3v) is 3.90. The van der Waals surface area contributed by atoms with Gasteiger partial charge >= 0.3 is 0 Å². The Morgan fingerprint density at radius 1 is 1.25 bits per heavy atom. The molecule has 1 atom stereocenters. The quantitative estimate of drug-likeness (QED) is 0.666. The van der Waals surface area contributed by atoms with Crippen molar-refractivity contribution in [3.8, 4) is 0 Å². The average Bonchev–Trinajstić information content (AvgIpc) is 2.71. The highest BCUT2D eigenvalue weighted by Gasteiger charge is 2.08. The van der Waals surface area contributed by atoms with Crippen molar-refractivity contribution < 1.29 is 0 Å². The van der Waals surface area contributed by atoms with Crippen molar-refractivity contribution in [1.29, 1.82) is 0 Å². The van der Waals surface area contributed by atoms with Gasteiger partial charge < -0.3 is 4.57 Å². The van der Waals surface area contributed by atoms with E-state index < -0.39 is 0 Å². The summed E-state index contributed by atoms with van der Waals surface area (Å²) in [5.41, 5.74) is 3.80. The van der Waals surface area contributed by atoms with E-state index in [1.165, 1.54) is 30.4 Å². The minimum Gasteiger partial charge on any atom is -0.328 e. The van der Waals surface area contributed by atoms with Crippen molar-refractivity contribution in [1.82, 2.24) is 9.55 Å². The number of fused-ring (bicyclic) bond motifs is 1. The third kappa shape index (κ3) is 3.72. The molecule has 1 aromatic carbocycles. The monoisotopic (exact) mass is 270 g/mol. The first kappa shape index (κ1) is 14.8. The number of imidazole rings is 1. The molecule has 2 rings (SSSR count). The van der Waals surface area contributed by atoms with E-state index in [9.17, 15) is 0 Å². The fourth-order valence-corrected chi connectivity index (χ4v) is 2.63. The molecule has 0 amide bonds. The van der Waals surface area contributed by atoms with Gasteiger partial charge in [-0.2, -0.15) is 0 Å². The van der Waals surface area contributed by atoms with Gasteiger partial charge in [0.25, 0.3) is 0 Å². The fraction of sp³-hybridized carbons (Fsp3) is 0.500. The van der Waals surface area contributed by atoms with Crippen molar-refractivity contribution in [2.45, 2.75) is 53.5 Å². The smallest absolute Gasteiger partial charge is 0.106 e. The second kappa shape index (κ2) is 6.74. The van der Waals surface area contributed by atoms with Gasteiger partial charge in [-0.25, -0.2) is 4.98 Å². The Balaban J connectivity index is 1.95. The van der Waals surface area contributed by atoms with Crippen molar-refractivity contribution in [2.75, 3.05) is 0 Å². The largest absolute Gasteiger partial charge is 0.328 e. The normalized spacial score (nSPS) is 12.6. The van der Waals surface area contributed by atoms with Crippen molar-refractivity contribution in [2.24, 2.45) is 5.92 Å². The van der Waals surface area contributed by atoms with Gasteiger partial charge in [-0.15, -0.1) is 0 Å². The fourth-order valence-electron chi connectivity index (χ4n) is 2.63. The van der Waals surface area contributed by atoms with Crippen LogP contribution in [-0.4, -0.2) is 9.55 Å². The maximum Gasteiger partial charge on any atom is 0.106 e. The number of nitrogens with zero attached hydrogens (tertiary/aromatic N) is 2. The summed E-state index contributed by atoms with van der Waals surface area (Å²) in [6, 6.07) is 8.42. The van der Waals surface area contributed by atoms with Crippen LogP contribution in [0.2, 0.25) is 0 Å². The predicted molar refractivity (Wildman–Crippen MR) is 86.9 cm³/mol. The Bertz CT molecular complexity index is 588. The first-order valence-electron chi connectivity index (χ1n) is 7.63. The number of hydrogen-bond acceptors (Lipinski definition) is 1. The van der Waals surface area contributed by atoms with E-state index in [0.717, 1.165) is 23.8 Å². The summed E-state index contributed by atoms with van der Waals surface area (Å²) in [7, 11) is 0. The maximum atomic E-state index is 4.63. The van der Waals surface area contributed by atoms with Crippen LogP contribution < -0.4 is 0 Å². The molecule has 1 heterocycles. The number of para-hydroxylation sites is 2. The van der Waals surface area contributed by atoms with Crippen LogP contribution in [0.15, 0.2) is 35.9 Å². The molecule has 0 saturated heterocycles. The van der Waals surface area contributed by atoms with E-state index in [2.05, 4.69) is 67.6 Å². The Hall–Kier alpha value is -1.57. The number of aryl methyl sites for hydroxylation is 2. The van der Waals surface area contributed by atoms with E-state index in [-0.39, 0.29) is 0 Å². The molecule has 0 spiro atoms. The van der Waals surface area contributed by atoms with Gasteiger partial charge in [0.2, 0.25) is 0 Å². The van der Waals surface area contributed by atoms with Crippen LogP contribution in [-0.2, 0) is 6.54 Å². The lowest BCUT2D eigenvalue weighted by Gasteiger charge is -2.12. The average molecular weight is 270 g/mol. The highest BCUT2D eigenvalue weighted by Crippen LogP contribution is 2.19. The molecule has 0 saturated carbocycles. The van der Waals surface area contributed by atoms with Crippen molar-refractivity contribution in [3.05, 3.63) is 41.7 Å². The molecule has 0 radical (unpaired) electrons. The Kier molecular flexibility index (Phi) is 4.99. The SMILES string of the molecule is CC(C)=CCCC(C)CCn1c(C)nc2ccccc21. The topological polar surface area (TPSA) is 17.8 Å². The summed E-state index contributed by atoms with van der Waals surface area (Å²) >= 11 is 0. The zero-order valence-corrected chi connectivity index (χ0v) is 13.2. The molecule has 0 fully saturated rings. The summed E-state index contributed by atoms with van der Waals surface area (Å²) in [4.78, 5) is 4.63. The maximum absolute atomic E-state index is 4.63. The first-order valence-corrected chi connectivity index (χ1v) is 7.63. The number of hydrogen-bond donors (Lipinski definition) is 0. The predicted octanol–water partition coefficient (Wildman–Crippen LogP) is 5.12. The second-order valence-electron chi connectivity index (χ2n) is 6.05. The van der Waals surface area contributed by atoms with Gasteiger partial charge in [0.1, 0.15) is 5.82 Å². The second-order valence-corrected chi connectivity index (χ2v) is 6.05. The molecule has 2 heteroatoms. The molecule has 0 aliphatic carbocycles.